The Hall–Kier alpha value is -0.660. The van der Waals surface area contributed by atoms with Crippen LogP contribution in [-0.4, -0.2) is 11.6 Å². The van der Waals surface area contributed by atoms with Crippen molar-refractivity contribution in [2.45, 2.75) is 12.8 Å². The van der Waals surface area contributed by atoms with Gasteiger partial charge in [0.05, 0.1) is 0 Å². The molecule has 2 nitrogen and oxygen atoms in total. The van der Waals surface area contributed by atoms with Gasteiger partial charge in [0.1, 0.15) is 11.6 Å². The zero-order chi connectivity index (χ0) is 9.19. The topological polar surface area (TPSA) is 34.1 Å². The molecule has 0 unspecified atom stereocenters. The van der Waals surface area contributed by atoms with E-state index in [1.54, 1.807) is 0 Å². The van der Waals surface area contributed by atoms with Crippen LogP contribution in [-0.2, 0) is 9.59 Å². The second-order valence-electron chi connectivity index (χ2n) is 6.03. The van der Waals surface area contributed by atoms with Crippen LogP contribution in [0.25, 0.3) is 0 Å². The van der Waals surface area contributed by atoms with Crippen molar-refractivity contribution < 1.29 is 9.59 Å². The number of rotatable bonds is 0. The van der Waals surface area contributed by atoms with Crippen molar-refractivity contribution in [2.75, 3.05) is 0 Å². The van der Waals surface area contributed by atoms with Crippen LogP contribution in [0, 0.1) is 47.3 Å². The van der Waals surface area contributed by atoms with Crippen LogP contribution in [0.3, 0.4) is 0 Å². The number of Topliss-reactive ketones (excluding diaryl/α,β-unsaturated/α-hetero) is 2. The molecule has 0 aromatic carbocycles. The summed E-state index contributed by atoms with van der Waals surface area (Å²) in [5.41, 5.74) is 0. The minimum atomic E-state index is 0.336. The molecule has 0 aliphatic heterocycles. The number of ketones is 2. The van der Waals surface area contributed by atoms with E-state index >= 15 is 0 Å². The molecule has 0 aromatic rings. The van der Waals surface area contributed by atoms with Crippen molar-refractivity contribution >= 4 is 11.6 Å². The quantitative estimate of drug-likeness (QED) is 0.566. The van der Waals surface area contributed by atoms with Crippen molar-refractivity contribution in [3.05, 3.63) is 0 Å². The molecule has 8 aliphatic rings. The van der Waals surface area contributed by atoms with E-state index in [0.29, 0.717) is 35.2 Å². The molecule has 72 valence electrons. The van der Waals surface area contributed by atoms with E-state index in [1.807, 2.05) is 0 Å². The Bertz CT molecular complexity index is 391. The molecule has 8 atom stereocenters. The average Bonchev–Trinajstić information content (AvgIpc) is 2.10. The lowest BCUT2D eigenvalue weighted by atomic mass is 9.21. The fourth-order valence-corrected chi connectivity index (χ4v) is 6.06. The lowest BCUT2D eigenvalue weighted by Gasteiger charge is -2.81. The Morgan fingerprint density at radius 2 is 1.43 bits per heavy atom. The van der Waals surface area contributed by atoms with Crippen molar-refractivity contribution in [3.63, 3.8) is 0 Å². The summed E-state index contributed by atoms with van der Waals surface area (Å²) in [4.78, 5) is 23.6. The third-order valence-electron chi connectivity index (χ3n) is 6.14. The van der Waals surface area contributed by atoms with Crippen LogP contribution in [0.4, 0.5) is 0 Å². The van der Waals surface area contributed by atoms with E-state index in [4.69, 9.17) is 0 Å². The first-order valence-electron chi connectivity index (χ1n) is 5.84. The monoisotopic (exact) mass is 188 g/mol. The van der Waals surface area contributed by atoms with Gasteiger partial charge in [-0.2, -0.15) is 0 Å². The van der Waals surface area contributed by atoms with Gasteiger partial charge in [-0.25, -0.2) is 0 Å². The molecule has 2 heteroatoms. The largest absolute Gasteiger partial charge is 0.299 e. The summed E-state index contributed by atoms with van der Waals surface area (Å²) < 4.78 is 0. The number of carbonyl (C=O) groups is 2. The Balaban J connectivity index is 1.75. The fourth-order valence-electron chi connectivity index (χ4n) is 6.06. The van der Waals surface area contributed by atoms with Crippen molar-refractivity contribution in [2.24, 2.45) is 47.3 Å². The van der Waals surface area contributed by atoms with E-state index in [1.165, 1.54) is 0 Å². The lowest BCUT2D eigenvalue weighted by Crippen LogP contribution is -2.82. The summed E-state index contributed by atoms with van der Waals surface area (Å²) in [6, 6.07) is 0. The van der Waals surface area contributed by atoms with Crippen molar-refractivity contribution in [1.29, 1.82) is 0 Å². The maximum atomic E-state index is 11.8. The molecule has 0 radical (unpaired) electrons. The molecule has 0 amide bonds. The Morgan fingerprint density at radius 1 is 0.714 bits per heavy atom. The average molecular weight is 188 g/mol. The molecule has 0 spiro atoms. The van der Waals surface area contributed by atoms with E-state index in [0.717, 1.165) is 36.5 Å². The highest BCUT2D eigenvalue weighted by Crippen LogP contribution is 2.81. The van der Waals surface area contributed by atoms with Gasteiger partial charge < -0.3 is 0 Å². The highest BCUT2D eigenvalue weighted by atomic mass is 16.1. The molecule has 0 heterocycles. The van der Waals surface area contributed by atoms with Crippen LogP contribution >= 0.6 is 0 Å². The number of carbonyl (C=O) groups excluding carboxylic acids is 2. The zero-order valence-electron chi connectivity index (χ0n) is 7.85. The Labute approximate surface area is 82.0 Å². The maximum Gasteiger partial charge on any atom is 0.136 e. The van der Waals surface area contributed by atoms with Gasteiger partial charge in [0, 0.05) is 24.7 Å². The molecule has 0 N–H and O–H groups in total. The third kappa shape index (κ3) is 0.396. The first kappa shape index (κ1) is 6.76. The molecule has 8 bridgehead atoms. The van der Waals surface area contributed by atoms with E-state index < -0.39 is 0 Å². The molecule has 14 heavy (non-hydrogen) atoms. The van der Waals surface area contributed by atoms with Gasteiger partial charge in [-0.1, -0.05) is 0 Å². The summed E-state index contributed by atoms with van der Waals surface area (Å²) in [6.45, 7) is 0. The second-order valence-corrected chi connectivity index (χ2v) is 6.03. The highest BCUT2D eigenvalue weighted by molar-refractivity contribution is 5.93. The fraction of sp³-hybridized carbons (Fsp3) is 0.833. The Kier molecular flexibility index (Phi) is 0.780. The van der Waals surface area contributed by atoms with Crippen LogP contribution in [0.5, 0.6) is 0 Å². The van der Waals surface area contributed by atoms with Gasteiger partial charge in [-0.05, 0) is 35.5 Å². The van der Waals surface area contributed by atoms with Crippen LogP contribution in [0.1, 0.15) is 12.8 Å². The summed E-state index contributed by atoms with van der Waals surface area (Å²) >= 11 is 0. The SMILES string of the molecule is O=C1C[C@H]2[C@H]3[C@@H]4CC(=O)[C@H]5[C@@H]([C@H]14)[C@H]2[C@@H]53. The maximum absolute atomic E-state index is 11.8. The smallest absolute Gasteiger partial charge is 0.136 e. The van der Waals surface area contributed by atoms with Gasteiger partial charge in [-0.15, -0.1) is 0 Å². The van der Waals surface area contributed by atoms with Gasteiger partial charge in [0.15, 0.2) is 0 Å². The van der Waals surface area contributed by atoms with Gasteiger partial charge in [0.2, 0.25) is 0 Å². The predicted octanol–water partition coefficient (Wildman–Crippen LogP) is 0.902. The van der Waals surface area contributed by atoms with Gasteiger partial charge >= 0.3 is 0 Å². The van der Waals surface area contributed by atoms with Crippen LogP contribution in [0.15, 0.2) is 0 Å². The molecule has 0 aromatic heterocycles. The van der Waals surface area contributed by atoms with Gasteiger partial charge in [0.25, 0.3) is 0 Å². The van der Waals surface area contributed by atoms with Crippen molar-refractivity contribution in [1.82, 2.24) is 0 Å². The molecule has 8 aliphatic carbocycles. The summed E-state index contributed by atoms with van der Waals surface area (Å²) in [7, 11) is 0. The summed E-state index contributed by atoms with van der Waals surface area (Å²) in [5, 5.41) is 0. The number of hydrogen-bond acceptors (Lipinski definition) is 2. The summed E-state index contributed by atoms with van der Waals surface area (Å²) in [6.07, 6.45) is 1.62. The van der Waals surface area contributed by atoms with E-state index in [-0.39, 0.29) is 0 Å². The molecule has 8 rings (SSSR count). The normalized spacial score (nSPS) is 70.6. The van der Waals surface area contributed by atoms with Crippen LogP contribution in [0.2, 0.25) is 0 Å². The lowest BCUT2D eigenvalue weighted by molar-refractivity contribution is -0.319. The highest BCUT2D eigenvalue weighted by Gasteiger charge is 2.81. The molecule has 8 saturated carbocycles. The molecule has 0 saturated heterocycles. The molecule has 8 fully saturated rings. The number of hydrogen-bond donors (Lipinski definition) is 0. The summed E-state index contributed by atoms with van der Waals surface area (Å²) in [5.74, 6) is 5.81. The zero-order valence-corrected chi connectivity index (χ0v) is 7.85. The minimum Gasteiger partial charge on any atom is -0.299 e. The van der Waals surface area contributed by atoms with E-state index in [2.05, 4.69) is 0 Å². The first-order valence-corrected chi connectivity index (χ1v) is 5.84. The van der Waals surface area contributed by atoms with Crippen LogP contribution < -0.4 is 0 Å². The standard InChI is InChI=1S/C12H12O2/c13-5-2-4-7-3-1-6(14)10-11(7)9(4)12(10)8(3)5/h3-4,7-12H,1-2H2/t3-,4-,7+,8-,9+,10+,11-,12-/m0/s1. The molecular formula is C12H12O2. The second kappa shape index (κ2) is 1.62. The molecular weight excluding hydrogens is 176 g/mol. The first-order chi connectivity index (χ1) is 6.79. The van der Waals surface area contributed by atoms with Gasteiger partial charge in [-0.3, -0.25) is 9.59 Å². The van der Waals surface area contributed by atoms with E-state index in [9.17, 15) is 9.59 Å². The predicted molar refractivity (Wildman–Crippen MR) is 47.2 cm³/mol. The van der Waals surface area contributed by atoms with Crippen molar-refractivity contribution in [3.8, 4) is 0 Å². The Morgan fingerprint density at radius 3 is 2.21 bits per heavy atom. The third-order valence-corrected chi connectivity index (χ3v) is 6.14. The number of fused-ring (bicyclic) bond motifs is 2. The minimum absolute atomic E-state index is 0.336.